The third-order valence-corrected chi connectivity index (χ3v) is 3.01. The molecule has 1 saturated heterocycles. The Bertz CT molecular complexity index is 461. The highest BCUT2D eigenvalue weighted by Gasteiger charge is 2.40. The molecule has 4 heteroatoms. The highest BCUT2D eigenvalue weighted by Crippen LogP contribution is 2.28. The van der Waals surface area contributed by atoms with Crippen molar-refractivity contribution in [3.8, 4) is 0 Å². The molecular formula is C15H21NO3. The number of benzene rings is 1. The van der Waals surface area contributed by atoms with Gasteiger partial charge in [0.1, 0.15) is 5.60 Å². The van der Waals surface area contributed by atoms with Crippen LogP contribution in [0.5, 0.6) is 0 Å². The van der Waals surface area contributed by atoms with E-state index in [4.69, 9.17) is 15.2 Å². The van der Waals surface area contributed by atoms with Crippen LogP contribution in [0.3, 0.4) is 0 Å². The average Bonchev–Trinajstić information content (AvgIpc) is 3.09. The summed E-state index contributed by atoms with van der Waals surface area (Å²) < 4.78 is 10.7. The zero-order chi connectivity index (χ0) is 14.0. The number of hydrogen-bond acceptors (Lipinski definition) is 4. The summed E-state index contributed by atoms with van der Waals surface area (Å²) in [6.45, 7) is 6.22. The number of anilines is 1. The number of esters is 1. The van der Waals surface area contributed by atoms with Gasteiger partial charge in [-0.05, 0) is 38.8 Å². The number of carbonyl (C=O) groups is 1. The molecule has 2 atom stereocenters. The van der Waals surface area contributed by atoms with Gasteiger partial charge in [0.15, 0.2) is 0 Å². The molecule has 1 aromatic carbocycles. The second-order valence-corrected chi connectivity index (χ2v) is 5.91. The van der Waals surface area contributed by atoms with E-state index in [2.05, 4.69) is 0 Å². The van der Waals surface area contributed by atoms with E-state index < -0.39 is 5.60 Å². The molecular weight excluding hydrogens is 242 g/mol. The summed E-state index contributed by atoms with van der Waals surface area (Å²) in [5.74, 6) is -0.484. The second-order valence-electron chi connectivity index (χ2n) is 5.91. The summed E-state index contributed by atoms with van der Waals surface area (Å²) in [4.78, 5) is 12.2. The first-order chi connectivity index (χ1) is 8.87. The van der Waals surface area contributed by atoms with Gasteiger partial charge in [0.05, 0.1) is 18.6 Å². The standard InChI is InChI=1S/C15H21NO3/c1-15(2,3)19-14(17)11(13-9-18-13)8-10-6-4-5-7-12(10)16/h4-7,11,13H,8-9,16H2,1-3H3. The van der Waals surface area contributed by atoms with E-state index in [1.165, 1.54) is 0 Å². The molecule has 2 rings (SSSR count). The van der Waals surface area contributed by atoms with Gasteiger partial charge in [0.2, 0.25) is 0 Å². The summed E-state index contributed by atoms with van der Waals surface area (Å²) in [5.41, 5.74) is 7.12. The number of rotatable bonds is 4. The smallest absolute Gasteiger partial charge is 0.312 e. The lowest BCUT2D eigenvalue weighted by Gasteiger charge is -2.23. The molecule has 4 nitrogen and oxygen atoms in total. The number of carbonyl (C=O) groups excluding carboxylic acids is 1. The van der Waals surface area contributed by atoms with Gasteiger partial charge in [0.25, 0.3) is 0 Å². The molecule has 1 fully saturated rings. The lowest BCUT2D eigenvalue weighted by atomic mass is 9.95. The summed E-state index contributed by atoms with van der Waals surface area (Å²) in [7, 11) is 0. The topological polar surface area (TPSA) is 64.8 Å². The third-order valence-electron chi connectivity index (χ3n) is 3.01. The first-order valence-corrected chi connectivity index (χ1v) is 6.54. The van der Waals surface area contributed by atoms with E-state index >= 15 is 0 Å². The number of nitrogen functional groups attached to an aromatic ring is 1. The van der Waals surface area contributed by atoms with Gasteiger partial charge in [-0.25, -0.2) is 0 Å². The van der Waals surface area contributed by atoms with Crippen LogP contribution in [0.2, 0.25) is 0 Å². The van der Waals surface area contributed by atoms with Gasteiger partial charge in [-0.3, -0.25) is 4.79 Å². The van der Waals surface area contributed by atoms with Crippen molar-refractivity contribution in [1.29, 1.82) is 0 Å². The quantitative estimate of drug-likeness (QED) is 0.513. The van der Waals surface area contributed by atoms with E-state index in [0.29, 0.717) is 18.7 Å². The molecule has 0 bridgehead atoms. The molecule has 0 amide bonds. The molecule has 0 aliphatic carbocycles. The van der Waals surface area contributed by atoms with Crippen molar-refractivity contribution in [1.82, 2.24) is 0 Å². The van der Waals surface area contributed by atoms with Crippen LogP contribution in [0, 0.1) is 5.92 Å². The fourth-order valence-electron chi connectivity index (χ4n) is 1.99. The molecule has 0 saturated carbocycles. The Morgan fingerprint density at radius 1 is 1.47 bits per heavy atom. The minimum absolute atomic E-state index is 0.0329. The van der Waals surface area contributed by atoms with Crippen LogP contribution in [-0.4, -0.2) is 24.3 Å². The van der Waals surface area contributed by atoms with Gasteiger partial charge < -0.3 is 15.2 Å². The van der Waals surface area contributed by atoms with E-state index in [1.807, 2.05) is 45.0 Å². The van der Waals surface area contributed by atoms with E-state index in [0.717, 1.165) is 5.56 Å². The molecule has 1 aliphatic heterocycles. The largest absolute Gasteiger partial charge is 0.460 e. The van der Waals surface area contributed by atoms with Crippen molar-refractivity contribution in [2.45, 2.75) is 38.9 Å². The maximum Gasteiger partial charge on any atom is 0.312 e. The lowest BCUT2D eigenvalue weighted by Crippen LogP contribution is -2.32. The molecule has 1 aromatic rings. The predicted molar refractivity (Wildman–Crippen MR) is 73.6 cm³/mol. The minimum Gasteiger partial charge on any atom is -0.460 e. The van der Waals surface area contributed by atoms with Crippen LogP contribution < -0.4 is 5.73 Å². The Kier molecular flexibility index (Phi) is 3.80. The van der Waals surface area contributed by atoms with Crippen molar-refractivity contribution >= 4 is 11.7 Å². The number of nitrogens with two attached hydrogens (primary N) is 1. The molecule has 0 spiro atoms. The van der Waals surface area contributed by atoms with Crippen molar-refractivity contribution in [2.75, 3.05) is 12.3 Å². The van der Waals surface area contributed by atoms with Crippen molar-refractivity contribution in [2.24, 2.45) is 5.92 Å². The first-order valence-electron chi connectivity index (χ1n) is 6.54. The van der Waals surface area contributed by atoms with E-state index in [-0.39, 0.29) is 18.0 Å². The molecule has 19 heavy (non-hydrogen) atoms. The molecule has 104 valence electrons. The van der Waals surface area contributed by atoms with Gasteiger partial charge in [-0.1, -0.05) is 18.2 Å². The fourth-order valence-corrected chi connectivity index (χ4v) is 1.99. The summed E-state index contributed by atoms with van der Waals surface area (Å²) >= 11 is 0. The van der Waals surface area contributed by atoms with Gasteiger partial charge in [0, 0.05) is 5.69 Å². The number of hydrogen-bond donors (Lipinski definition) is 1. The molecule has 2 unspecified atom stereocenters. The number of para-hydroxylation sites is 1. The van der Waals surface area contributed by atoms with Crippen LogP contribution >= 0.6 is 0 Å². The lowest BCUT2D eigenvalue weighted by molar-refractivity contribution is -0.160. The summed E-state index contributed by atoms with van der Waals surface area (Å²) in [6.07, 6.45) is 0.529. The maximum absolute atomic E-state index is 12.2. The Balaban J connectivity index is 2.09. The van der Waals surface area contributed by atoms with Crippen molar-refractivity contribution < 1.29 is 14.3 Å². The zero-order valence-electron chi connectivity index (χ0n) is 11.7. The third kappa shape index (κ3) is 3.96. The second kappa shape index (κ2) is 5.21. The monoisotopic (exact) mass is 263 g/mol. The van der Waals surface area contributed by atoms with E-state index in [1.54, 1.807) is 0 Å². The van der Waals surface area contributed by atoms with Gasteiger partial charge >= 0.3 is 5.97 Å². The zero-order valence-corrected chi connectivity index (χ0v) is 11.7. The Morgan fingerprint density at radius 2 is 2.11 bits per heavy atom. The van der Waals surface area contributed by atoms with Crippen LogP contribution in [0.25, 0.3) is 0 Å². The first kappa shape index (κ1) is 13.9. The summed E-state index contributed by atoms with van der Waals surface area (Å²) in [5, 5.41) is 0. The van der Waals surface area contributed by atoms with Crippen LogP contribution in [0.4, 0.5) is 5.69 Å². The minimum atomic E-state index is -0.480. The molecule has 2 N–H and O–H groups in total. The molecule has 1 heterocycles. The normalized spacial score (nSPS) is 19.8. The maximum atomic E-state index is 12.2. The molecule has 0 radical (unpaired) electrons. The van der Waals surface area contributed by atoms with Crippen LogP contribution in [0.1, 0.15) is 26.3 Å². The van der Waals surface area contributed by atoms with Crippen molar-refractivity contribution in [3.05, 3.63) is 29.8 Å². The van der Waals surface area contributed by atoms with Gasteiger partial charge in [-0.15, -0.1) is 0 Å². The van der Waals surface area contributed by atoms with E-state index in [9.17, 15) is 4.79 Å². The fraction of sp³-hybridized carbons (Fsp3) is 0.533. The van der Waals surface area contributed by atoms with Gasteiger partial charge in [-0.2, -0.15) is 0 Å². The predicted octanol–water partition coefficient (Wildman–Crippen LogP) is 2.17. The summed E-state index contributed by atoms with van der Waals surface area (Å²) in [6, 6.07) is 7.59. The molecule has 0 aromatic heterocycles. The van der Waals surface area contributed by atoms with Crippen LogP contribution in [-0.2, 0) is 20.7 Å². The Morgan fingerprint density at radius 3 is 2.63 bits per heavy atom. The molecule has 1 aliphatic rings. The van der Waals surface area contributed by atoms with Crippen molar-refractivity contribution in [3.63, 3.8) is 0 Å². The SMILES string of the molecule is CC(C)(C)OC(=O)C(Cc1ccccc1N)C1CO1. The average molecular weight is 263 g/mol. The Labute approximate surface area is 113 Å². The highest BCUT2D eigenvalue weighted by molar-refractivity contribution is 5.74. The highest BCUT2D eigenvalue weighted by atomic mass is 16.6. The van der Waals surface area contributed by atoms with Crippen LogP contribution in [0.15, 0.2) is 24.3 Å². The number of ether oxygens (including phenoxy) is 2. The number of epoxide rings is 1. The Hall–Kier alpha value is -1.55.